The second-order valence-corrected chi connectivity index (χ2v) is 6.82. The second-order valence-electron chi connectivity index (χ2n) is 5.66. The van der Waals surface area contributed by atoms with Crippen LogP contribution in [0.15, 0.2) is 9.32 Å². The van der Waals surface area contributed by atoms with Crippen molar-refractivity contribution in [1.29, 1.82) is 0 Å². The van der Waals surface area contributed by atoms with Crippen molar-refractivity contribution >= 4 is 11.3 Å². The summed E-state index contributed by atoms with van der Waals surface area (Å²) in [7, 11) is 2.07. The minimum Gasteiger partial charge on any atom is -0.339 e. The van der Waals surface area contributed by atoms with Gasteiger partial charge < -0.3 is 14.4 Å². The molecule has 0 radical (unpaired) electrons. The van der Waals surface area contributed by atoms with E-state index in [1.807, 2.05) is 13.8 Å². The fourth-order valence-corrected chi connectivity index (χ4v) is 3.51. The molecule has 0 bridgehead atoms. The number of aryl methyl sites for hydroxylation is 2. The van der Waals surface area contributed by atoms with Crippen LogP contribution in [0.25, 0.3) is 0 Å². The zero-order valence-corrected chi connectivity index (χ0v) is 13.9. The molecular weight excluding hydrogens is 302 g/mol. The molecule has 1 unspecified atom stereocenters. The van der Waals surface area contributed by atoms with Crippen LogP contribution in [-0.4, -0.2) is 46.3 Å². The van der Waals surface area contributed by atoms with Crippen molar-refractivity contribution < 1.29 is 4.52 Å². The zero-order valence-electron chi connectivity index (χ0n) is 13.1. The van der Waals surface area contributed by atoms with E-state index in [1.165, 1.54) is 11.3 Å². The normalized spacial score (nSPS) is 19.7. The largest absolute Gasteiger partial charge is 0.339 e. The summed E-state index contributed by atoms with van der Waals surface area (Å²) in [5.41, 5.74) is 1.02. The number of likely N-dealkylation sites (N-methyl/N-ethyl adjacent to an activating group) is 1. The SMILES string of the molecule is Cc1sc(=O)n(CCc2nc(C3CNCCN3C)no2)c1C. The van der Waals surface area contributed by atoms with Gasteiger partial charge in [-0.2, -0.15) is 4.98 Å². The molecule has 1 N–H and O–H groups in total. The molecule has 1 aliphatic heterocycles. The Labute approximate surface area is 132 Å². The third kappa shape index (κ3) is 2.99. The number of nitrogens with one attached hydrogen (secondary N) is 1. The van der Waals surface area contributed by atoms with Gasteiger partial charge in [0.2, 0.25) is 5.89 Å². The van der Waals surface area contributed by atoms with Gasteiger partial charge in [0.15, 0.2) is 5.82 Å². The van der Waals surface area contributed by atoms with Crippen LogP contribution in [0.5, 0.6) is 0 Å². The van der Waals surface area contributed by atoms with E-state index in [-0.39, 0.29) is 10.9 Å². The molecule has 3 rings (SSSR count). The lowest BCUT2D eigenvalue weighted by atomic mass is 10.2. The Hall–Kier alpha value is -1.51. The van der Waals surface area contributed by atoms with Gasteiger partial charge in [-0.3, -0.25) is 9.69 Å². The van der Waals surface area contributed by atoms with Crippen LogP contribution in [0.1, 0.15) is 28.3 Å². The highest BCUT2D eigenvalue weighted by molar-refractivity contribution is 7.09. The number of aromatic nitrogens is 3. The summed E-state index contributed by atoms with van der Waals surface area (Å²) in [4.78, 5) is 19.7. The molecule has 120 valence electrons. The molecule has 8 heteroatoms. The minimum atomic E-state index is 0.0750. The Morgan fingerprint density at radius 2 is 2.27 bits per heavy atom. The number of hydrogen-bond donors (Lipinski definition) is 1. The summed E-state index contributed by atoms with van der Waals surface area (Å²) in [6.45, 7) is 7.30. The number of nitrogens with zero attached hydrogens (tertiary/aromatic N) is 4. The smallest absolute Gasteiger partial charge is 0.307 e. The summed E-state index contributed by atoms with van der Waals surface area (Å²) < 4.78 is 7.12. The first-order valence-electron chi connectivity index (χ1n) is 7.46. The van der Waals surface area contributed by atoms with Gasteiger partial charge in [-0.25, -0.2) is 0 Å². The molecule has 1 saturated heterocycles. The van der Waals surface area contributed by atoms with Crippen LogP contribution in [0, 0.1) is 13.8 Å². The molecule has 0 spiro atoms. The van der Waals surface area contributed by atoms with Crippen LogP contribution < -0.4 is 10.2 Å². The van der Waals surface area contributed by atoms with Gasteiger partial charge in [0.1, 0.15) is 0 Å². The summed E-state index contributed by atoms with van der Waals surface area (Å²) in [6, 6.07) is 0.152. The van der Waals surface area contributed by atoms with Crippen molar-refractivity contribution in [3.8, 4) is 0 Å². The van der Waals surface area contributed by atoms with Crippen LogP contribution in [0.4, 0.5) is 0 Å². The average molecular weight is 323 g/mol. The maximum absolute atomic E-state index is 11.9. The molecule has 22 heavy (non-hydrogen) atoms. The topological polar surface area (TPSA) is 76.2 Å². The van der Waals surface area contributed by atoms with Crippen molar-refractivity contribution in [3.05, 3.63) is 32.0 Å². The van der Waals surface area contributed by atoms with Crippen LogP contribution >= 0.6 is 11.3 Å². The van der Waals surface area contributed by atoms with Gasteiger partial charge in [0, 0.05) is 43.2 Å². The van der Waals surface area contributed by atoms with E-state index in [0.29, 0.717) is 18.9 Å². The molecule has 3 heterocycles. The lowest BCUT2D eigenvalue weighted by Gasteiger charge is -2.30. The number of thiazole rings is 1. The highest BCUT2D eigenvalue weighted by atomic mass is 32.1. The first-order chi connectivity index (χ1) is 10.6. The second kappa shape index (κ2) is 6.31. The molecule has 1 aliphatic rings. The van der Waals surface area contributed by atoms with E-state index in [0.717, 1.165) is 36.0 Å². The number of piperazine rings is 1. The zero-order chi connectivity index (χ0) is 15.7. The molecule has 1 fully saturated rings. The minimum absolute atomic E-state index is 0.0750. The van der Waals surface area contributed by atoms with Gasteiger partial charge in [0.25, 0.3) is 0 Å². The van der Waals surface area contributed by atoms with Gasteiger partial charge in [-0.05, 0) is 20.9 Å². The predicted molar refractivity (Wildman–Crippen MR) is 84.3 cm³/mol. The number of hydrogen-bond acceptors (Lipinski definition) is 7. The fourth-order valence-electron chi connectivity index (χ4n) is 2.65. The van der Waals surface area contributed by atoms with Crippen LogP contribution in [0.3, 0.4) is 0 Å². The van der Waals surface area contributed by atoms with Crippen molar-refractivity contribution in [2.45, 2.75) is 32.9 Å². The third-order valence-electron chi connectivity index (χ3n) is 4.22. The Kier molecular flexibility index (Phi) is 4.42. The van der Waals surface area contributed by atoms with Crippen molar-refractivity contribution in [2.75, 3.05) is 26.7 Å². The van der Waals surface area contributed by atoms with Crippen LogP contribution in [-0.2, 0) is 13.0 Å². The molecule has 2 aromatic rings. The van der Waals surface area contributed by atoms with Crippen molar-refractivity contribution in [3.63, 3.8) is 0 Å². The molecule has 0 saturated carbocycles. The van der Waals surface area contributed by atoms with E-state index >= 15 is 0 Å². The Balaban J connectivity index is 1.68. The summed E-state index contributed by atoms with van der Waals surface area (Å²) in [6.07, 6.45) is 0.577. The van der Waals surface area contributed by atoms with E-state index in [4.69, 9.17) is 4.52 Å². The van der Waals surface area contributed by atoms with E-state index in [2.05, 4.69) is 27.4 Å². The lowest BCUT2D eigenvalue weighted by Crippen LogP contribution is -2.44. The van der Waals surface area contributed by atoms with Crippen molar-refractivity contribution in [1.82, 2.24) is 24.9 Å². The Morgan fingerprint density at radius 1 is 1.45 bits per heavy atom. The van der Waals surface area contributed by atoms with Gasteiger partial charge in [-0.15, -0.1) is 0 Å². The molecule has 0 aromatic carbocycles. The fraction of sp³-hybridized carbons (Fsp3) is 0.643. The average Bonchev–Trinajstić information content (AvgIpc) is 3.04. The van der Waals surface area contributed by atoms with Gasteiger partial charge in [0.05, 0.1) is 6.04 Å². The first kappa shape index (κ1) is 15.4. The molecule has 1 atom stereocenters. The highest BCUT2D eigenvalue weighted by Crippen LogP contribution is 2.18. The maximum Gasteiger partial charge on any atom is 0.307 e. The standard InChI is InChI=1S/C14H21N5O2S/c1-9-10(2)22-14(20)19(9)6-4-12-16-13(17-21-12)11-8-15-5-7-18(11)3/h11,15H,4-8H2,1-3H3. The van der Waals surface area contributed by atoms with Gasteiger partial charge in [-0.1, -0.05) is 16.5 Å². The van der Waals surface area contributed by atoms with E-state index in [9.17, 15) is 4.79 Å². The predicted octanol–water partition coefficient (Wildman–Crippen LogP) is 0.728. The molecular formula is C14H21N5O2S. The molecule has 2 aromatic heterocycles. The molecule has 0 amide bonds. The molecule has 7 nitrogen and oxygen atoms in total. The molecule has 0 aliphatic carbocycles. The maximum atomic E-state index is 11.9. The summed E-state index contributed by atoms with van der Waals surface area (Å²) >= 11 is 1.29. The Bertz CT molecular complexity index is 704. The number of rotatable bonds is 4. The first-order valence-corrected chi connectivity index (χ1v) is 8.28. The van der Waals surface area contributed by atoms with Crippen LogP contribution in [0.2, 0.25) is 0 Å². The monoisotopic (exact) mass is 323 g/mol. The van der Waals surface area contributed by atoms with E-state index < -0.39 is 0 Å². The lowest BCUT2D eigenvalue weighted by molar-refractivity contribution is 0.190. The highest BCUT2D eigenvalue weighted by Gasteiger charge is 2.25. The Morgan fingerprint density at radius 3 is 2.95 bits per heavy atom. The summed E-state index contributed by atoms with van der Waals surface area (Å²) in [5.74, 6) is 1.30. The third-order valence-corrected chi connectivity index (χ3v) is 5.21. The van der Waals surface area contributed by atoms with E-state index in [1.54, 1.807) is 4.57 Å². The quantitative estimate of drug-likeness (QED) is 0.894. The van der Waals surface area contributed by atoms with Crippen molar-refractivity contribution in [2.24, 2.45) is 0 Å². The summed E-state index contributed by atoms with van der Waals surface area (Å²) in [5, 5.41) is 7.44. The van der Waals surface area contributed by atoms with Gasteiger partial charge >= 0.3 is 4.87 Å².